The van der Waals surface area contributed by atoms with Crippen LogP contribution >= 0.6 is 0 Å². The highest BCUT2D eigenvalue weighted by Crippen LogP contribution is 2.51. The molecule has 1 saturated heterocycles. The Balaban J connectivity index is 1.38. The van der Waals surface area contributed by atoms with Gasteiger partial charge in [0.15, 0.2) is 11.8 Å². The van der Waals surface area contributed by atoms with Gasteiger partial charge in [-0.2, -0.15) is 5.10 Å². The SMILES string of the molecule is CCc1nc2n(n1)CC(NC(=NC)NC1C3CCCOC3C1(C)C)CC2. The molecule has 2 fully saturated rings. The fourth-order valence-electron chi connectivity index (χ4n) is 4.96. The standard InChI is InChI=1S/C19H32N6O/c1-5-14-22-15-9-8-12(11-25(15)24-14)21-18(20-4)23-16-13-7-6-10-26-17(13)19(16,2)3/h12-13,16-17H,5-11H2,1-4H3,(H2,20,21,23). The second-order valence-electron chi connectivity index (χ2n) is 8.47. The molecule has 4 unspecified atom stereocenters. The summed E-state index contributed by atoms with van der Waals surface area (Å²) in [4.78, 5) is 9.10. The average molecular weight is 361 g/mol. The van der Waals surface area contributed by atoms with Crippen LogP contribution in [0.5, 0.6) is 0 Å². The summed E-state index contributed by atoms with van der Waals surface area (Å²) in [5, 5.41) is 11.9. The lowest BCUT2D eigenvalue weighted by Gasteiger charge is -2.60. The first-order valence-electron chi connectivity index (χ1n) is 10.1. The first-order chi connectivity index (χ1) is 12.5. The van der Waals surface area contributed by atoms with Crippen molar-refractivity contribution in [2.45, 2.75) is 77.6 Å². The molecule has 2 aliphatic heterocycles. The molecule has 26 heavy (non-hydrogen) atoms. The Morgan fingerprint density at radius 1 is 1.35 bits per heavy atom. The maximum Gasteiger partial charge on any atom is 0.191 e. The molecule has 0 bridgehead atoms. The van der Waals surface area contributed by atoms with Gasteiger partial charge in [-0.1, -0.05) is 20.8 Å². The Hall–Kier alpha value is -1.63. The van der Waals surface area contributed by atoms with E-state index in [1.54, 1.807) is 0 Å². The molecule has 0 amide bonds. The predicted molar refractivity (Wildman–Crippen MR) is 101 cm³/mol. The van der Waals surface area contributed by atoms with Crippen LogP contribution in [0.25, 0.3) is 0 Å². The van der Waals surface area contributed by atoms with Gasteiger partial charge in [-0.05, 0) is 19.3 Å². The van der Waals surface area contributed by atoms with E-state index in [-0.39, 0.29) is 5.41 Å². The van der Waals surface area contributed by atoms with Gasteiger partial charge in [-0.3, -0.25) is 4.99 Å². The minimum Gasteiger partial charge on any atom is -0.377 e. The largest absolute Gasteiger partial charge is 0.377 e. The molecule has 0 aromatic carbocycles. The molecular weight excluding hydrogens is 328 g/mol. The topological polar surface area (TPSA) is 76.4 Å². The van der Waals surface area contributed by atoms with Crippen molar-refractivity contribution in [3.05, 3.63) is 11.6 Å². The summed E-state index contributed by atoms with van der Waals surface area (Å²) in [6, 6.07) is 0.748. The molecule has 2 N–H and O–H groups in total. The van der Waals surface area contributed by atoms with E-state index in [4.69, 9.17) is 4.74 Å². The molecule has 4 atom stereocenters. The van der Waals surface area contributed by atoms with Crippen molar-refractivity contribution >= 4 is 5.96 Å². The number of hydrogen-bond acceptors (Lipinski definition) is 4. The number of hydrogen-bond donors (Lipinski definition) is 2. The van der Waals surface area contributed by atoms with Gasteiger partial charge in [0.05, 0.1) is 12.6 Å². The van der Waals surface area contributed by atoms with Crippen molar-refractivity contribution in [3.8, 4) is 0 Å². The molecule has 144 valence electrons. The third-order valence-electron chi connectivity index (χ3n) is 6.41. The summed E-state index contributed by atoms with van der Waals surface area (Å²) in [6.07, 6.45) is 5.71. The fraction of sp³-hybridized carbons (Fsp3) is 0.842. The highest BCUT2D eigenvalue weighted by atomic mass is 16.5. The predicted octanol–water partition coefficient (Wildman–Crippen LogP) is 1.52. The second-order valence-corrected chi connectivity index (χ2v) is 8.47. The Bertz CT molecular complexity index is 682. The van der Waals surface area contributed by atoms with Gasteiger partial charge in [-0.15, -0.1) is 0 Å². The minimum absolute atomic E-state index is 0.143. The molecule has 1 saturated carbocycles. The molecule has 0 radical (unpaired) electrons. The van der Waals surface area contributed by atoms with Gasteiger partial charge in [0.1, 0.15) is 5.82 Å². The molecule has 7 nitrogen and oxygen atoms in total. The molecule has 3 aliphatic rings. The van der Waals surface area contributed by atoms with Crippen molar-refractivity contribution in [1.29, 1.82) is 0 Å². The highest BCUT2D eigenvalue weighted by Gasteiger charge is 2.58. The van der Waals surface area contributed by atoms with Crippen LogP contribution in [0.15, 0.2) is 4.99 Å². The van der Waals surface area contributed by atoms with Crippen LogP contribution in [0.3, 0.4) is 0 Å². The average Bonchev–Trinajstić information content (AvgIpc) is 3.07. The zero-order valence-corrected chi connectivity index (χ0v) is 16.5. The maximum absolute atomic E-state index is 6.02. The van der Waals surface area contributed by atoms with E-state index in [1.165, 1.54) is 12.8 Å². The number of aromatic nitrogens is 3. The van der Waals surface area contributed by atoms with Gasteiger partial charge in [0.2, 0.25) is 0 Å². The van der Waals surface area contributed by atoms with Gasteiger partial charge < -0.3 is 15.4 Å². The quantitative estimate of drug-likeness (QED) is 0.631. The van der Waals surface area contributed by atoms with Crippen molar-refractivity contribution in [2.24, 2.45) is 16.3 Å². The van der Waals surface area contributed by atoms with Gasteiger partial charge in [0.25, 0.3) is 0 Å². The highest BCUT2D eigenvalue weighted by molar-refractivity contribution is 5.80. The van der Waals surface area contributed by atoms with E-state index in [2.05, 4.69) is 51.2 Å². The van der Waals surface area contributed by atoms with Crippen molar-refractivity contribution in [1.82, 2.24) is 25.4 Å². The summed E-state index contributed by atoms with van der Waals surface area (Å²) in [5.41, 5.74) is 0.143. The smallest absolute Gasteiger partial charge is 0.191 e. The number of ether oxygens (including phenoxy) is 1. The number of rotatable bonds is 3. The molecule has 4 rings (SSSR count). The van der Waals surface area contributed by atoms with E-state index in [1.807, 2.05) is 7.05 Å². The summed E-state index contributed by atoms with van der Waals surface area (Å²) in [7, 11) is 1.86. The molecule has 7 heteroatoms. The van der Waals surface area contributed by atoms with Crippen LogP contribution < -0.4 is 10.6 Å². The monoisotopic (exact) mass is 360 g/mol. The van der Waals surface area contributed by atoms with Gasteiger partial charge >= 0.3 is 0 Å². The number of aryl methyl sites for hydroxylation is 2. The van der Waals surface area contributed by atoms with Crippen LogP contribution in [0.4, 0.5) is 0 Å². The van der Waals surface area contributed by atoms with Crippen LogP contribution in [-0.2, 0) is 24.1 Å². The number of guanidine groups is 1. The summed E-state index contributed by atoms with van der Waals surface area (Å²) < 4.78 is 8.08. The van der Waals surface area contributed by atoms with Crippen LogP contribution in [0.1, 0.15) is 51.7 Å². The summed E-state index contributed by atoms with van der Waals surface area (Å²) in [6.45, 7) is 8.47. The molecular formula is C19H32N6O. The van der Waals surface area contributed by atoms with E-state index in [9.17, 15) is 0 Å². The zero-order chi connectivity index (χ0) is 18.3. The maximum atomic E-state index is 6.02. The fourth-order valence-corrected chi connectivity index (χ4v) is 4.96. The third kappa shape index (κ3) is 3.00. The van der Waals surface area contributed by atoms with E-state index in [0.29, 0.717) is 24.1 Å². The Labute approximate surface area is 156 Å². The van der Waals surface area contributed by atoms with Crippen molar-refractivity contribution in [3.63, 3.8) is 0 Å². The summed E-state index contributed by atoms with van der Waals surface area (Å²) in [5.74, 6) is 3.56. The molecule has 3 heterocycles. The first-order valence-corrected chi connectivity index (χ1v) is 10.1. The van der Waals surface area contributed by atoms with Crippen LogP contribution in [-0.4, -0.2) is 52.6 Å². The lowest BCUT2D eigenvalue weighted by atomic mass is 9.55. The van der Waals surface area contributed by atoms with Crippen LogP contribution in [0, 0.1) is 11.3 Å². The van der Waals surface area contributed by atoms with Crippen LogP contribution in [0.2, 0.25) is 0 Å². The second kappa shape index (κ2) is 6.83. The van der Waals surface area contributed by atoms with Crippen molar-refractivity contribution < 1.29 is 4.74 Å². The molecule has 1 aliphatic carbocycles. The zero-order valence-electron chi connectivity index (χ0n) is 16.5. The molecule has 1 aromatic heterocycles. The van der Waals surface area contributed by atoms with Gasteiger partial charge in [0, 0.05) is 49.9 Å². The number of nitrogens with one attached hydrogen (secondary N) is 2. The normalized spacial score (nSPS) is 33.0. The summed E-state index contributed by atoms with van der Waals surface area (Å²) >= 11 is 0. The molecule has 1 aromatic rings. The number of aliphatic imine (C=N–C) groups is 1. The number of fused-ring (bicyclic) bond motifs is 2. The third-order valence-corrected chi connectivity index (χ3v) is 6.41. The Morgan fingerprint density at radius 2 is 2.19 bits per heavy atom. The lowest BCUT2D eigenvalue weighted by Crippen LogP contribution is -2.71. The lowest BCUT2D eigenvalue weighted by molar-refractivity contribution is -0.188. The van der Waals surface area contributed by atoms with E-state index >= 15 is 0 Å². The van der Waals surface area contributed by atoms with E-state index < -0.39 is 0 Å². The van der Waals surface area contributed by atoms with Gasteiger partial charge in [-0.25, -0.2) is 9.67 Å². The number of nitrogens with zero attached hydrogens (tertiary/aromatic N) is 4. The Kier molecular flexibility index (Phi) is 4.67. The first kappa shape index (κ1) is 17.8. The van der Waals surface area contributed by atoms with Crippen molar-refractivity contribution in [2.75, 3.05) is 13.7 Å². The van der Waals surface area contributed by atoms with E-state index in [0.717, 1.165) is 50.0 Å². The minimum atomic E-state index is 0.143. The molecule has 0 spiro atoms. The Morgan fingerprint density at radius 3 is 2.96 bits per heavy atom.